The van der Waals surface area contributed by atoms with Crippen LogP contribution in [0.25, 0.3) is 5.69 Å². The Morgan fingerprint density at radius 3 is 2.42 bits per heavy atom. The number of hydrogen-bond acceptors (Lipinski definition) is 4. The van der Waals surface area contributed by atoms with Crippen LogP contribution in [-0.2, 0) is 4.79 Å². The average molecular weight is 446 g/mol. The summed E-state index contributed by atoms with van der Waals surface area (Å²) in [5, 5.41) is 2.97. The van der Waals surface area contributed by atoms with E-state index in [-0.39, 0.29) is 24.5 Å². The number of amides is 2. The van der Waals surface area contributed by atoms with Crippen molar-refractivity contribution in [1.29, 1.82) is 0 Å². The van der Waals surface area contributed by atoms with Crippen LogP contribution in [0.3, 0.4) is 0 Å². The SMILES string of the molecule is Cc1cc(C(=O)N2CCC(C(=O)Nc3ccc4c(c3)OCO4)CC2)c(C)n1-c1ccccc1. The van der Waals surface area contributed by atoms with Crippen molar-refractivity contribution in [3.05, 3.63) is 71.5 Å². The third-order valence-corrected chi connectivity index (χ3v) is 6.47. The fourth-order valence-corrected chi connectivity index (χ4v) is 4.69. The molecule has 170 valence electrons. The minimum atomic E-state index is -0.128. The van der Waals surface area contributed by atoms with E-state index in [1.54, 1.807) is 12.1 Å². The molecule has 2 aromatic carbocycles. The van der Waals surface area contributed by atoms with Crippen molar-refractivity contribution < 1.29 is 19.1 Å². The van der Waals surface area contributed by atoms with Gasteiger partial charge >= 0.3 is 0 Å². The average Bonchev–Trinajstić information content (AvgIpc) is 3.42. The summed E-state index contributed by atoms with van der Waals surface area (Å²) in [6, 6.07) is 17.4. The van der Waals surface area contributed by atoms with E-state index in [4.69, 9.17) is 9.47 Å². The van der Waals surface area contributed by atoms with Crippen molar-refractivity contribution in [1.82, 2.24) is 9.47 Å². The highest BCUT2D eigenvalue weighted by Crippen LogP contribution is 2.34. The number of benzene rings is 2. The first-order valence-electron chi connectivity index (χ1n) is 11.3. The number of rotatable bonds is 4. The molecule has 33 heavy (non-hydrogen) atoms. The maximum atomic E-state index is 13.3. The van der Waals surface area contributed by atoms with Crippen molar-refractivity contribution in [3.63, 3.8) is 0 Å². The quantitative estimate of drug-likeness (QED) is 0.649. The zero-order chi connectivity index (χ0) is 22.9. The molecule has 0 spiro atoms. The number of nitrogens with one attached hydrogen (secondary N) is 1. The highest BCUT2D eigenvalue weighted by Gasteiger charge is 2.30. The van der Waals surface area contributed by atoms with E-state index >= 15 is 0 Å². The molecule has 2 aliphatic heterocycles. The number of aromatic nitrogens is 1. The van der Waals surface area contributed by atoms with Gasteiger partial charge in [0, 0.05) is 47.8 Å². The second-order valence-electron chi connectivity index (χ2n) is 8.58. The molecule has 2 aliphatic rings. The molecule has 0 aliphatic carbocycles. The van der Waals surface area contributed by atoms with Gasteiger partial charge in [0.15, 0.2) is 11.5 Å². The zero-order valence-electron chi connectivity index (χ0n) is 18.8. The number of fused-ring (bicyclic) bond motifs is 1. The fourth-order valence-electron chi connectivity index (χ4n) is 4.69. The molecule has 2 amide bonds. The minimum Gasteiger partial charge on any atom is -0.454 e. The lowest BCUT2D eigenvalue weighted by molar-refractivity contribution is -0.121. The number of anilines is 1. The normalized spacial score (nSPS) is 15.5. The van der Waals surface area contributed by atoms with Crippen LogP contribution >= 0.6 is 0 Å². The van der Waals surface area contributed by atoms with Crippen LogP contribution in [0, 0.1) is 19.8 Å². The first-order valence-corrected chi connectivity index (χ1v) is 11.3. The van der Waals surface area contributed by atoms with E-state index in [2.05, 4.69) is 9.88 Å². The minimum absolute atomic E-state index is 0.0248. The molecule has 1 saturated heterocycles. The Bertz CT molecular complexity index is 1190. The smallest absolute Gasteiger partial charge is 0.255 e. The molecule has 0 atom stereocenters. The molecule has 0 saturated carbocycles. The second-order valence-corrected chi connectivity index (χ2v) is 8.58. The van der Waals surface area contributed by atoms with Crippen LogP contribution in [0.4, 0.5) is 5.69 Å². The van der Waals surface area contributed by atoms with Gasteiger partial charge in [-0.25, -0.2) is 0 Å². The van der Waals surface area contributed by atoms with Gasteiger partial charge in [-0.2, -0.15) is 0 Å². The summed E-state index contributed by atoms with van der Waals surface area (Å²) in [6.07, 6.45) is 1.28. The highest BCUT2D eigenvalue weighted by atomic mass is 16.7. The van der Waals surface area contributed by atoms with Gasteiger partial charge in [-0.05, 0) is 57.0 Å². The molecule has 0 radical (unpaired) electrons. The maximum absolute atomic E-state index is 13.3. The highest BCUT2D eigenvalue weighted by molar-refractivity contribution is 5.97. The standard InChI is InChI=1S/C26H27N3O4/c1-17-14-22(18(2)29(17)21-6-4-3-5-7-21)26(31)28-12-10-19(11-13-28)25(30)27-20-8-9-23-24(15-20)33-16-32-23/h3-9,14-15,19H,10-13,16H2,1-2H3,(H,27,30). The van der Waals surface area contributed by atoms with Gasteiger partial charge in [-0.1, -0.05) is 18.2 Å². The van der Waals surface area contributed by atoms with Crippen LogP contribution in [0.15, 0.2) is 54.6 Å². The summed E-state index contributed by atoms with van der Waals surface area (Å²) in [6.45, 7) is 5.33. The fraction of sp³-hybridized carbons (Fsp3) is 0.308. The number of para-hydroxylation sites is 1. The van der Waals surface area contributed by atoms with E-state index in [9.17, 15) is 9.59 Å². The summed E-state index contributed by atoms with van der Waals surface area (Å²) >= 11 is 0. The lowest BCUT2D eigenvalue weighted by Crippen LogP contribution is -2.41. The lowest BCUT2D eigenvalue weighted by Gasteiger charge is -2.31. The van der Waals surface area contributed by atoms with Crippen molar-refractivity contribution in [2.24, 2.45) is 5.92 Å². The first kappa shape index (κ1) is 21.1. The molecule has 1 fully saturated rings. The molecule has 1 N–H and O–H groups in total. The van der Waals surface area contributed by atoms with Crippen LogP contribution < -0.4 is 14.8 Å². The summed E-state index contributed by atoms with van der Waals surface area (Å²) in [7, 11) is 0. The van der Waals surface area contributed by atoms with Gasteiger partial charge in [0.1, 0.15) is 0 Å². The van der Waals surface area contributed by atoms with Gasteiger partial charge in [0.05, 0.1) is 5.56 Å². The number of aryl methyl sites for hydroxylation is 1. The molecule has 7 nitrogen and oxygen atoms in total. The van der Waals surface area contributed by atoms with Crippen LogP contribution in [0.5, 0.6) is 11.5 Å². The van der Waals surface area contributed by atoms with Crippen molar-refractivity contribution in [2.75, 3.05) is 25.2 Å². The summed E-state index contributed by atoms with van der Waals surface area (Å²) < 4.78 is 12.8. The molecule has 0 unspecified atom stereocenters. The van der Waals surface area contributed by atoms with E-state index in [1.165, 1.54) is 0 Å². The van der Waals surface area contributed by atoms with E-state index < -0.39 is 0 Å². The van der Waals surface area contributed by atoms with Gasteiger partial charge in [-0.3, -0.25) is 9.59 Å². The number of ether oxygens (including phenoxy) is 2. The molecule has 5 rings (SSSR count). The van der Waals surface area contributed by atoms with Gasteiger partial charge < -0.3 is 24.3 Å². The predicted molar refractivity (Wildman–Crippen MR) is 125 cm³/mol. The third-order valence-electron chi connectivity index (χ3n) is 6.47. The third kappa shape index (κ3) is 4.06. The Hall–Kier alpha value is -3.74. The van der Waals surface area contributed by atoms with Crippen LogP contribution in [0.1, 0.15) is 34.6 Å². The topological polar surface area (TPSA) is 72.8 Å². The van der Waals surface area contributed by atoms with Crippen molar-refractivity contribution >= 4 is 17.5 Å². The molecular formula is C26H27N3O4. The summed E-state index contributed by atoms with van der Waals surface area (Å²) in [4.78, 5) is 27.9. The maximum Gasteiger partial charge on any atom is 0.255 e. The Kier molecular flexibility index (Phi) is 5.54. The van der Waals surface area contributed by atoms with E-state index in [0.29, 0.717) is 43.1 Å². The Labute approximate surface area is 192 Å². The lowest BCUT2D eigenvalue weighted by atomic mass is 9.95. The van der Waals surface area contributed by atoms with Crippen molar-refractivity contribution in [3.8, 4) is 17.2 Å². The molecular weight excluding hydrogens is 418 g/mol. The van der Waals surface area contributed by atoms with Gasteiger partial charge in [0.25, 0.3) is 5.91 Å². The molecule has 7 heteroatoms. The van der Waals surface area contributed by atoms with Crippen molar-refractivity contribution in [2.45, 2.75) is 26.7 Å². The Morgan fingerprint density at radius 1 is 0.939 bits per heavy atom. The van der Waals surface area contributed by atoms with Gasteiger partial charge in [-0.15, -0.1) is 0 Å². The molecule has 3 aromatic rings. The summed E-state index contributed by atoms with van der Waals surface area (Å²) in [5.41, 5.74) is 4.42. The molecule has 0 bridgehead atoms. The first-order chi connectivity index (χ1) is 16.0. The zero-order valence-corrected chi connectivity index (χ0v) is 18.8. The number of carbonyl (C=O) groups is 2. The van der Waals surface area contributed by atoms with Crippen LogP contribution in [0.2, 0.25) is 0 Å². The predicted octanol–water partition coefficient (Wildman–Crippen LogP) is 4.31. The summed E-state index contributed by atoms with van der Waals surface area (Å²) in [5.74, 6) is 1.20. The largest absolute Gasteiger partial charge is 0.454 e. The number of carbonyl (C=O) groups excluding carboxylic acids is 2. The van der Waals surface area contributed by atoms with Crippen LogP contribution in [-0.4, -0.2) is 41.2 Å². The molecule has 3 heterocycles. The number of nitrogens with zero attached hydrogens (tertiary/aromatic N) is 2. The number of likely N-dealkylation sites (tertiary alicyclic amines) is 1. The number of hydrogen-bond donors (Lipinski definition) is 1. The molecule has 1 aromatic heterocycles. The second kappa shape index (κ2) is 8.65. The van der Waals surface area contributed by atoms with Gasteiger partial charge in [0.2, 0.25) is 12.7 Å². The monoisotopic (exact) mass is 445 g/mol. The van der Waals surface area contributed by atoms with E-state index in [0.717, 1.165) is 22.6 Å². The Morgan fingerprint density at radius 2 is 1.67 bits per heavy atom. The number of piperidine rings is 1. The Balaban J connectivity index is 1.22. The van der Waals surface area contributed by atoms with E-state index in [1.807, 2.05) is 61.2 Å².